The predicted octanol–water partition coefficient (Wildman–Crippen LogP) is 3.12. The first-order valence-electron chi connectivity index (χ1n) is 5.49. The molecule has 0 radical (unpaired) electrons. The van der Waals surface area contributed by atoms with Crippen LogP contribution in [0.1, 0.15) is 11.1 Å². The number of hydrogen-bond donors (Lipinski definition) is 2. The molecule has 3 nitrogen and oxygen atoms in total. The van der Waals surface area contributed by atoms with Crippen molar-refractivity contribution in [2.45, 2.75) is 13.2 Å². The minimum Gasteiger partial charge on any atom is -0.507 e. The Hall–Kier alpha value is -1.71. The molecule has 2 aromatic carbocycles. The molecule has 0 atom stereocenters. The lowest BCUT2D eigenvalue weighted by Crippen LogP contribution is -1.96. The first-order valence-corrected chi connectivity index (χ1v) is 5.87. The van der Waals surface area contributed by atoms with Gasteiger partial charge in [0.25, 0.3) is 0 Å². The highest BCUT2D eigenvalue weighted by Gasteiger charge is 2.08. The van der Waals surface area contributed by atoms with Crippen molar-refractivity contribution in [2.24, 2.45) is 0 Å². The fraction of sp³-hybridized carbons (Fsp3) is 0.143. The summed E-state index contributed by atoms with van der Waals surface area (Å²) in [5, 5.41) is 19.0. The van der Waals surface area contributed by atoms with Gasteiger partial charge in [0.2, 0.25) is 0 Å². The summed E-state index contributed by atoms with van der Waals surface area (Å²) < 4.78 is 5.53. The number of hydrogen-bond acceptors (Lipinski definition) is 3. The van der Waals surface area contributed by atoms with Crippen LogP contribution in [0.15, 0.2) is 42.5 Å². The fourth-order valence-electron chi connectivity index (χ4n) is 1.56. The molecule has 0 spiro atoms. The Labute approximate surface area is 110 Å². The Balaban J connectivity index is 2.13. The van der Waals surface area contributed by atoms with Crippen LogP contribution in [-0.4, -0.2) is 10.2 Å². The molecule has 0 amide bonds. The van der Waals surface area contributed by atoms with E-state index in [2.05, 4.69) is 0 Å². The maximum absolute atomic E-state index is 9.61. The number of halogens is 1. The van der Waals surface area contributed by atoms with Crippen molar-refractivity contribution in [3.05, 3.63) is 58.6 Å². The van der Waals surface area contributed by atoms with E-state index in [4.69, 9.17) is 21.4 Å². The molecule has 0 aromatic heterocycles. The molecule has 0 aliphatic carbocycles. The van der Waals surface area contributed by atoms with Gasteiger partial charge in [-0.3, -0.25) is 0 Å². The molecule has 2 N–H and O–H groups in total. The third kappa shape index (κ3) is 2.94. The van der Waals surface area contributed by atoms with Crippen molar-refractivity contribution in [1.29, 1.82) is 0 Å². The quantitative estimate of drug-likeness (QED) is 0.892. The molecule has 0 saturated heterocycles. The third-order valence-corrected chi connectivity index (χ3v) is 2.84. The van der Waals surface area contributed by atoms with Crippen molar-refractivity contribution in [1.82, 2.24) is 0 Å². The van der Waals surface area contributed by atoms with E-state index in [-0.39, 0.29) is 12.4 Å². The van der Waals surface area contributed by atoms with Crippen LogP contribution in [0.25, 0.3) is 0 Å². The molecule has 0 fully saturated rings. The molecule has 0 aliphatic rings. The lowest BCUT2D eigenvalue weighted by atomic mass is 10.2. The van der Waals surface area contributed by atoms with Crippen LogP contribution in [0.3, 0.4) is 0 Å². The highest BCUT2D eigenvalue weighted by atomic mass is 35.5. The highest BCUT2D eigenvalue weighted by molar-refractivity contribution is 6.32. The number of benzene rings is 2. The number of aromatic hydroxyl groups is 1. The molecule has 4 heteroatoms. The minimum absolute atomic E-state index is 0.0232. The van der Waals surface area contributed by atoms with Crippen LogP contribution in [0, 0.1) is 0 Å². The van der Waals surface area contributed by atoms with Crippen molar-refractivity contribution < 1.29 is 14.9 Å². The topological polar surface area (TPSA) is 49.7 Å². The first kappa shape index (κ1) is 12.7. The van der Waals surface area contributed by atoms with E-state index in [0.717, 1.165) is 5.56 Å². The zero-order chi connectivity index (χ0) is 13.0. The predicted molar refractivity (Wildman–Crippen MR) is 69.8 cm³/mol. The van der Waals surface area contributed by atoms with E-state index in [1.165, 1.54) is 12.1 Å². The molecule has 94 valence electrons. The number of ether oxygens (including phenoxy) is 1. The maximum atomic E-state index is 9.61. The average molecular weight is 265 g/mol. The molecule has 0 aliphatic heterocycles. The van der Waals surface area contributed by atoms with Gasteiger partial charge in [-0.25, -0.2) is 0 Å². The van der Waals surface area contributed by atoms with E-state index >= 15 is 0 Å². The van der Waals surface area contributed by atoms with Crippen LogP contribution in [0.2, 0.25) is 5.02 Å². The molecular weight excluding hydrogens is 252 g/mol. The van der Waals surface area contributed by atoms with Gasteiger partial charge in [0.15, 0.2) is 0 Å². The highest BCUT2D eigenvalue weighted by Crippen LogP contribution is 2.32. The lowest BCUT2D eigenvalue weighted by Gasteiger charge is -2.10. The fourth-order valence-corrected chi connectivity index (χ4v) is 1.80. The Morgan fingerprint density at radius 1 is 1.11 bits per heavy atom. The number of phenols is 1. The third-order valence-electron chi connectivity index (χ3n) is 2.54. The smallest absolute Gasteiger partial charge is 0.142 e. The van der Waals surface area contributed by atoms with Gasteiger partial charge in [-0.1, -0.05) is 41.9 Å². The van der Waals surface area contributed by atoms with E-state index in [0.29, 0.717) is 22.9 Å². The zero-order valence-electron chi connectivity index (χ0n) is 9.64. The van der Waals surface area contributed by atoms with Gasteiger partial charge in [-0.2, -0.15) is 0 Å². The summed E-state index contributed by atoms with van der Waals surface area (Å²) in [6, 6.07) is 12.6. The Kier molecular flexibility index (Phi) is 4.07. The van der Waals surface area contributed by atoms with E-state index in [1.807, 2.05) is 30.3 Å². The average Bonchev–Trinajstić information content (AvgIpc) is 2.40. The zero-order valence-corrected chi connectivity index (χ0v) is 10.4. The lowest BCUT2D eigenvalue weighted by molar-refractivity contribution is 0.273. The van der Waals surface area contributed by atoms with Crippen molar-refractivity contribution in [3.8, 4) is 11.5 Å². The number of aliphatic hydroxyl groups is 1. The van der Waals surface area contributed by atoms with Crippen molar-refractivity contribution >= 4 is 11.6 Å². The normalized spacial score (nSPS) is 10.3. The van der Waals surface area contributed by atoms with E-state index in [9.17, 15) is 5.11 Å². The summed E-state index contributed by atoms with van der Waals surface area (Å²) >= 11 is 6.00. The van der Waals surface area contributed by atoms with Gasteiger partial charge in [0, 0.05) is 11.6 Å². The summed E-state index contributed by atoms with van der Waals surface area (Å²) in [7, 11) is 0. The second-order valence-electron chi connectivity index (χ2n) is 3.84. The summed E-state index contributed by atoms with van der Waals surface area (Å²) in [5.41, 5.74) is 1.39. The van der Waals surface area contributed by atoms with E-state index in [1.54, 1.807) is 0 Å². The molecule has 0 unspecified atom stereocenters. The summed E-state index contributed by atoms with van der Waals surface area (Å²) in [4.78, 5) is 0. The van der Waals surface area contributed by atoms with Gasteiger partial charge in [0.05, 0.1) is 11.6 Å². The Bertz CT molecular complexity index is 526. The van der Waals surface area contributed by atoms with Crippen LogP contribution >= 0.6 is 11.6 Å². The molecule has 0 saturated carbocycles. The SMILES string of the molecule is OCc1cc(Cl)c(OCc2ccccc2)cc1O. The van der Waals surface area contributed by atoms with Gasteiger partial charge in [0.1, 0.15) is 18.1 Å². The van der Waals surface area contributed by atoms with E-state index < -0.39 is 0 Å². The number of rotatable bonds is 4. The van der Waals surface area contributed by atoms with Gasteiger partial charge in [-0.05, 0) is 11.6 Å². The van der Waals surface area contributed by atoms with Crippen molar-refractivity contribution in [2.75, 3.05) is 0 Å². The van der Waals surface area contributed by atoms with Crippen LogP contribution in [-0.2, 0) is 13.2 Å². The van der Waals surface area contributed by atoms with Gasteiger partial charge >= 0.3 is 0 Å². The Morgan fingerprint density at radius 2 is 1.83 bits per heavy atom. The Morgan fingerprint density at radius 3 is 2.50 bits per heavy atom. The monoisotopic (exact) mass is 264 g/mol. The summed E-state index contributed by atoms with van der Waals surface area (Å²) in [6.07, 6.45) is 0. The van der Waals surface area contributed by atoms with Crippen LogP contribution in [0.4, 0.5) is 0 Å². The molecule has 2 rings (SSSR count). The minimum atomic E-state index is -0.259. The second kappa shape index (κ2) is 5.76. The van der Waals surface area contributed by atoms with Gasteiger partial charge in [-0.15, -0.1) is 0 Å². The summed E-state index contributed by atoms with van der Waals surface area (Å²) in [6.45, 7) is 0.114. The number of aliphatic hydroxyl groups excluding tert-OH is 1. The molecule has 0 bridgehead atoms. The standard InChI is InChI=1S/C14H13ClO3/c15-12-6-11(8-16)13(17)7-14(12)18-9-10-4-2-1-3-5-10/h1-7,16-17H,8-9H2. The molecule has 2 aromatic rings. The molecular formula is C14H13ClO3. The molecule has 0 heterocycles. The second-order valence-corrected chi connectivity index (χ2v) is 4.25. The van der Waals surface area contributed by atoms with Crippen LogP contribution in [0.5, 0.6) is 11.5 Å². The van der Waals surface area contributed by atoms with Crippen molar-refractivity contribution in [3.63, 3.8) is 0 Å². The van der Waals surface area contributed by atoms with Crippen LogP contribution < -0.4 is 4.74 Å². The molecule has 18 heavy (non-hydrogen) atoms. The first-order chi connectivity index (χ1) is 8.70. The maximum Gasteiger partial charge on any atom is 0.142 e. The summed E-state index contributed by atoms with van der Waals surface area (Å²) in [5.74, 6) is 0.375. The van der Waals surface area contributed by atoms with Gasteiger partial charge < -0.3 is 14.9 Å². The largest absolute Gasteiger partial charge is 0.507 e.